The molecule has 18 heavy (non-hydrogen) atoms. The second-order valence-electron chi connectivity index (χ2n) is 4.57. The smallest absolute Gasteiger partial charge is 0.251 e. The van der Waals surface area contributed by atoms with E-state index in [0.29, 0.717) is 6.04 Å². The van der Waals surface area contributed by atoms with E-state index in [-0.39, 0.29) is 5.91 Å². The summed E-state index contributed by atoms with van der Waals surface area (Å²) in [5, 5.41) is 3.89. The molecule has 0 heterocycles. The second kappa shape index (κ2) is 6.80. The monoisotopic (exact) mass is 375 g/mol. The molecule has 0 saturated heterocycles. The molecular weight excluding hydrogens is 357 g/mol. The zero-order valence-electron chi connectivity index (χ0n) is 10.5. The average molecular weight is 375 g/mol. The summed E-state index contributed by atoms with van der Waals surface area (Å²) in [6, 6.07) is 8.11. The van der Waals surface area contributed by atoms with E-state index in [1.54, 1.807) is 0 Å². The van der Waals surface area contributed by atoms with Gasteiger partial charge in [0.1, 0.15) is 0 Å². The van der Waals surface area contributed by atoms with Gasteiger partial charge in [0, 0.05) is 20.4 Å². The van der Waals surface area contributed by atoms with E-state index in [2.05, 4.69) is 34.8 Å². The largest absolute Gasteiger partial charge is 0.349 e. The van der Waals surface area contributed by atoms with Crippen LogP contribution in [-0.2, 0) is 0 Å². The zero-order chi connectivity index (χ0) is 13.0. The summed E-state index contributed by atoms with van der Waals surface area (Å²) in [5.41, 5.74) is 0.772. The maximum absolute atomic E-state index is 12.1. The SMILES string of the molecule is CCSC1CCC(NC(=O)c2cccc(I)c2)C1. The molecule has 1 fully saturated rings. The van der Waals surface area contributed by atoms with Gasteiger partial charge in [-0.05, 0) is 65.8 Å². The van der Waals surface area contributed by atoms with Crippen molar-refractivity contribution < 1.29 is 4.79 Å². The Bertz CT molecular complexity index is 424. The van der Waals surface area contributed by atoms with E-state index in [9.17, 15) is 4.79 Å². The van der Waals surface area contributed by atoms with Crippen molar-refractivity contribution in [3.05, 3.63) is 33.4 Å². The summed E-state index contributed by atoms with van der Waals surface area (Å²) in [6.07, 6.45) is 3.47. The van der Waals surface area contributed by atoms with E-state index in [1.165, 1.54) is 12.2 Å². The highest BCUT2D eigenvalue weighted by atomic mass is 127. The lowest BCUT2D eigenvalue weighted by Gasteiger charge is -2.13. The molecule has 1 aliphatic carbocycles. The minimum Gasteiger partial charge on any atom is -0.349 e. The molecule has 1 saturated carbocycles. The Labute approximate surface area is 126 Å². The lowest BCUT2D eigenvalue weighted by molar-refractivity contribution is 0.0938. The molecule has 0 spiro atoms. The summed E-state index contributed by atoms with van der Waals surface area (Å²) in [7, 11) is 0. The number of halogens is 1. The fourth-order valence-corrected chi connectivity index (χ4v) is 4.04. The van der Waals surface area contributed by atoms with Crippen molar-refractivity contribution in [1.29, 1.82) is 0 Å². The molecule has 1 aromatic carbocycles. The fraction of sp³-hybridized carbons (Fsp3) is 0.500. The van der Waals surface area contributed by atoms with Crippen LogP contribution in [0, 0.1) is 3.57 Å². The van der Waals surface area contributed by atoms with Crippen LogP contribution < -0.4 is 5.32 Å². The number of rotatable bonds is 4. The number of hydrogen-bond acceptors (Lipinski definition) is 2. The number of nitrogens with one attached hydrogen (secondary N) is 1. The Morgan fingerprint density at radius 3 is 3.06 bits per heavy atom. The van der Waals surface area contributed by atoms with Crippen molar-refractivity contribution in [1.82, 2.24) is 5.32 Å². The Morgan fingerprint density at radius 1 is 1.50 bits per heavy atom. The van der Waals surface area contributed by atoms with Crippen molar-refractivity contribution in [2.24, 2.45) is 0 Å². The van der Waals surface area contributed by atoms with Crippen LogP contribution in [0.5, 0.6) is 0 Å². The third kappa shape index (κ3) is 3.88. The normalized spacial score (nSPS) is 23.0. The van der Waals surface area contributed by atoms with Gasteiger partial charge < -0.3 is 5.32 Å². The third-order valence-electron chi connectivity index (χ3n) is 3.21. The lowest BCUT2D eigenvalue weighted by atomic mass is 10.2. The van der Waals surface area contributed by atoms with Gasteiger partial charge in [0.05, 0.1) is 0 Å². The summed E-state index contributed by atoms with van der Waals surface area (Å²) in [5.74, 6) is 1.24. The van der Waals surface area contributed by atoms with E-state index < -0.39 is 0 Å². The number of carbonyl (C=O) groups is 1. The van der Waals surface area contributed by atoms with Crippen LogP contribution in [0.15, 0.2) is 24.3 Å². The predicted octanol–water partition coefficient (Wildman–Crippen LogP) is 3.70. The fourth-order valence-electron chi connectivity index (χ4n) is 2.36. The Kier molecular flexibility index (Phi) is 5.36. The van der Waals surface area contributed by atoms with Crippen LogP contribution in [-0.4, -0.2) is 23.0 Å². The minimum absolute atomic E-state index is 0.0701. The second-order valence-corrected chi connectivity index (χ2v) is 7.39. The molecule has 0 aromatic heterocycles. The van der Waals surface area contributed by atoms with Gasteiger partial charge in [-0.1, -0.05) is 13.0 Å². The molecule has 2 rings (SSSR count). The first-order valence-corrected chi connectivity index (χ1v) is 8.50. The molecule has 0 aliphatic heterocycles. The molecule has 98 valence electrons. The molecule has 1 N–H and O–H groups in total. The molecule has 1 amide bonds. The van der Waals surface area contributed by atoms with E-state index >= 15 is 0 Å². The van der Waals surface area contributed by atoms with Crippen molar-refractivity contribution in [2.45, 2.75) is 37.5 Å². The van der Waals surface area contributed by atoms with E-state index in [0.717, 1.165) is 27.2 Å². The molecule has 4 heteroatoms. The van der Waals surface area contributed by atoms with Gasteiger partial charge in [0.15, 0.2) is 0 Å². The summed E-state index contributed by atoms with van der Waals surface area (Å²) in [4.78, 5) is 12.1. The maximum Gasteiger partial charge on any atom is 0.251 e. The number of benzene rings is 1. The standard InChI is InChI=1S/C14H18INOS/c1-2-18-13-7-6-12(9-13)16-14(17)10-4-3-5-11(15)8-10/h3-5,8,12-13H,2,6-7,9H2,1H3,(H,16,17). The third-order valence-corrected chi connectivity index (χ3v) is 5.11. The Morgan fingerprint density at radius 2 is 2.33 bits per heavy atom. The van der Waals surface area contributed by atoms with Crippen molar-refractivity contribution >= 4 is 40.3 Å². The predicted molar refractivity (Wildman–Crippen MR) is 86.2 cm³/mol. The molecule has 1 aromatic rings. The minimum atomic E-state index is 0.0701. The number of carbonyl (C=O) groups excluding carboxylic acids is 1. The highest BCUT2D eigenvalue weighted by molar-refractivity contribution is 14.1. The quantitative estimate of drug-likeness (QED) is 0.814. The molecule has 1 aliphatic rings. The number of hydrogen-bond donors (Lipinski definition) is 1. The van der Waals surface area contributed by atoms with Crippen LogP contribution in [0.1, 0.15) is 36.5 Å². The summed E-state index contributed by atoms with van der Waals surface area (Å²) >= 11 is 4.25. The number of amides is 1. The Hall–Kier alpha value is -0.230. The van der Waals surface area contributed by atoms with Crippen LogP contribution in [0.3, 0.4) is 0 Å². The van der Waals surface area contributed by atoms with Crippen LogP contribution in [0.25, 0.3) is 0 Å². The van der Waals surface area contributed by atoms with Gasteiger partial charge in [0.25, 0.3) is 5.91 Å². The van der Waals surface area contributed by atoms with Crippen molar-refractivity contribution in [3.8, 4) is 0 Å². The molecule has 0 bridgehead atoms. The van der Waals surface area contributed by atoms with Crippen LogP contribution >= 0.6 is 34.4 Å². The zero-order valence-corrected chi connectivity index (χ0v) is 13.5. The average Bonchev–Trinajstić information content (AvgIpc) is 2.77. The van der Waals surface area contributed by atoms with Crippen molar-refractivity contribution in [2.75, 3.05) is 5.75 Å². The lowest BCUT2D eigenvalue weighted by Crippen LogP contribution is -2.33. The van der Waals surface area contributed by atoms with Gasteiger partial charge in [-0.2, -0.15) is 11.8 Å². The van der Waals surface area contributed by atoms with Gasteiger partial charge >= 0.3 is 0 Å². The molecule has 2 atom stereocenters. The summed E-state index contributed by atoms with van der Waals surface area (Å²) < 4.78 is 1.10. The van der Waals surface area contributed by atoms with Crippen LogP contribution in [0.2, 0.25) is 0 Å². The maximum atomic E-state index is 12.1. The van der Waals surface area contributed by atoms with Gasteiger partial charge in [-0.25, -0.2) is 0 Å². The number of thioether (sulfide) groups is 1. The first-order chi connectivity index (χ1) is 8.69. The van der Waals surface area contributed by atoms with Gasteiger partial charge in [0.2, 0.25) is 0 Å². The molecular formula is C14H18INOS. The molecule has 2 nitrogen and oxygen atoms in total. The first-order valence-electron chi connectivity index (χ1n) is 6.37. The highest BCUT2D eigenvalue weighted by Crippen LogP contribution is 2.29. The summed E-state index contributed by atoms with van der Waals surface area (Å²) in [6.45, 7) is 2.20. The molecule has 0 radical (unpaired) electrons. The first kappa shape index (κ1) is 14.2. The Balaban J connectivity index is 1.89. The molecule has 2 unspecified atom stereocenters. The topological polar surface area (TPSA) is 29.1 Å². The van der Waals surface area contributed by atoms with Crippen molar-refractivity contribution in [3.63, 3.8) is 0 Å². The van der Waals surface area contributed by atoms with E-state index in [1.807, 2.05) is 36.0 Å². The van der Waals surface area contributed by atoms with Gasteiger partial charge in [-0.3, -0.25) is 4.79 Å². The van der Waals surface area contributed by atoms with Gasteiger partial charge in [-0.15, -0.1) is 0 Å². The highest BCUT2D eigenvalue weighted by Gasteiger charge is 2.25. The van der Waals surface area contributed by atoms with Crippen LogP contribution in [0.4, 0.5) is 0 Å². The van der Waals surface area contributed by atoms with E-state index in [4.69, 9.17) is 0 Å².